The molecule has 0 aliphatic carbocycles. The molecule has 7 heteroatoms. The van der Waals surface area contributed by atoms with Crippen LogP contribution in [0.25, 0.3) is 17.1 Å². The maximum absolute atomic E-state index is 13.2. The average molecular weight is 334 g/mol. The van der Waals surface area contributed by atoms with Crippen molar-refractivity contribution >= 4 is 21.6 Å². The van der Waals surface area contributed by atoms with Crippen LogP contribution in [0.2, 0.25) is 0 Å². The fourth-order valence-electron chi connectivity index (χ4n) is 1.86. The van der Waals surface area contributed by atoms with Gasteiger partial charge in [0.15, 0.2) is 5.82 Å². The molecule has 0 fully saturated rings. The molecule has 0 saturated carbocycles. The van der Waals surface area contributed by atoms with Gasteiger partial charge < -0.3 is 5.73 Å². The molecular weight excluding hydrogens is 325 g/mol. The predicted molar refractivity (Wildman–Crippen MR) is 76.7 cm³/mol. The van der Waals surface area contributed by atoms with Crippen molar-refractivity contribution in [2.45, 2.75) is 0 Å². The first-order valence-electron chi connectivity index (χ1n) is 5.75. The molecule has 0 bridgehead atoms. The van der Waals surface area contributed by atoms with Gasteiger partial charge in [-0.2, -0.15) is 4.68 Å². The minimum atomic E-state index is -0.334. The summed E-state index contributed by atoms with van der Waals surface area (Å²) < 4.78 is 15.2. The zero-order valence-electron chi connectivity index (χ0n) is 10.2. The van der Waals surface area contributed by atoms with E-state index >= 15 is 0 Å². The van der Waals surface area contributed by atoms with Gasteiger partial charge in [0.2, 0.25) is 0 Å². The Morgan fingerprint density at radius 3 is 2.75 bits per heavy atom. The van der Waals surface area contributed by atoms with E-state index in [9.17, 15) is 4.39 Å². The summed E-state index contributed by atoms with van der Waals surface area (Å²) in [7, 11) is 0. The number of benzene rings is 2. The van der Waals surface area contributed by atoms with Gasteiger partial charge in [0.05, 0.1) is 5.69 Å². The largest absolute Gasteiger partial charge is 0.399 e. The van der Waals surface area contributed by atoms with Crippen LogP contribution in [-0.4, -0.2) is 20.2 Å². The molecular formula is C13H9BrFN5. The number of nitrogens with zero attached hydrogens (tertiary/aromatic N) is 4. The van der Waals surface area contributed by atoms with Crippen LogP contribution in [0, 0.1) is 5.82 Å². The molecule has 0 spiro atoms. The quantitative estimate of drug-likeness (QED) is 0.732. The molecule has 1 aromatic heterocycles. The molecule has 3 aromatic rings. The summed E-state index contributed by atoms with van der Waals surface area (Å²) in [5, 5.41) is 11.6. The van der Waals surface area contributed by atoms with Gasteiger partial charge in [-0.3, -0.25) is 0 Å². The molecule has 0 radical (unpaired) electrons. The van der Waals surface area contributed by atoms with Crippen molar-refractivity contribution in [1.29, 1.82) is 0 Å². The predicted octanol–water partition coefficient (Wildman–Crippen LogP) is 2.81. The van der Waals surface area contributed by atoms with Crippen molar-refractivity contribution < 1.29 is 4.39 Å². The summed E-state index contributed by atoms with van der Waals surface area (Å²) >= 11 is 3.31. The Bertz CT molecular complexity index is 771. The normalized spacial score (nSPS) is 10.7. The van der Waals surface area contributed by atoms with Crippen LogP contribution in [-0.2, 0) is 0 Å². The van der Waals surface area contributed by atoms with Gasteiger partial charge in [0.25, 0.3) is 0 Å². The lowest BCUT2D eigenvalue weighted by Gasteiger charge is -2.07. The maximum Gasteiger partial charge on any atom is 0.187 e. The third-order valence-corrected chi connectivity index (χ3v) is 3.39. The summed E-state index contributed by atoms with van der Waals surface area (Å²) in [6.45, 7) is 0. The second kappa shape index (κ2) is 5.01. The van der Waals surface area contributed by atoms with Gasteiger partial charge in [-0.25, -0.2) is 4.39 Å². The number of nitrogen functional groups attached to an aromatic ring is 1. The second-order valence-corrected chi connectivity index (χ2v) is 4.99. The Hall–Kier alpha value is -2.28. The molecule has 100 valence electrons. The van der Waals surface area contributed by atoms with Crippen LogP contribution in [0.1, 0.15) is 0 Å². The fourth-order valence-corrected chi connectivity index (χ4v) is 2.38. The molecule has 20 heavy (non-hydrogen) atoms. The highest BCUT2D eigenvalue weighted by Crippen LogP contribution is 2.26. The van der Waals surface area contributed by atoms with E-state index in [2.05, 4.69) is 31.5 Å². The Morgan fingerprint density at radius 2 is 2.00 bits per heavy atom. The van der Waals surface area contributed by atoms with Crippen LogP contribution in [0.5, 0.6) is 0 Å². The highest BCUT2D eigenvalue weighted by Gasteiger charge is 2.13. The molecule has 0 amide bonds. The van der Waals surface area contributed by atoms with Gasteiger partial charge in [0, 0.05) is 15.7 Å². The first-order valence-corrected chi connectivity index (χ1v) is 6.54. The van der Waals surface area contributed by atoms with E-state index in [0.29, 0.717) is 21.7 Å². The molecule has 0 atom stereocenters. The van der Waals surface area contributed by atoms with Crippen LogP contribution < -0.4 is 5.73 Å². The highest BCUT2D eigenvalue weighted by molar-refractivity contribution is 9.10. The minimum Gasteiger partial charge on any atom is -0.399 e. The van der Waals surface area contributed by atoms with Crippen molar-refractivity contribution in [2.75, 3.05) is 5.73 Å². The smallest absolute Gasteiger partial charge is 0.187 e. The lowest BCUT2D eigenvalue weighted by Crippen LogP contribution is -2.01. The zero-order valence-corrected chi connectivity index (χ0v) is 11.7. The second-order valence-electron chi connectivity index (χ2n) is 4.14. The van der Waals surface area contributed by atoms with Gasteiger partial charge in [-0.1, -0.05) is 12.1 Å². The molecule has 0 unspecified atom stereocenters. The van der Waals surface area contributed by atoms with Crippen molar-refractivity contribution in [2.24, 2.45) is 0 Å². The first-order chi connectivity index (χ1) is 9.65. The molecule has 0 aliphatic heterocycles. The third kappa shape index (κ3) is 2.27. The molecule has 5 nitrogen and oxygen atoms in total. The van der Waals surface area contributed by atoms with Crippen LogP contribution in [0.15, 0.2) is 46.9 Å². The van der Waals surface area contributed by atoms with E-state index < -0.39 is 0 Å². The standard InChI is InChI=1S/C13H9BrFN5/c14-11-7-9(15)4-5-12(11)20-13(17-18-19-20)8-2-1-3-10(16)6-8/h1-7H,16H2. The average Bonchev–Trinajstić information content (AvgIpc) is 2.87. The van der Waals surface area contributed by atoms with Crippen LogP contribution in [0.4, 0.5) is 10.1 Å². The molecule has 0 saturated heterocycles. The molecule has 3 rings (SSSR count). The van der Waals surface area contributed by atoms with E-state index in [0.717, 1.165) is 5.56 Å². The Labute approximate surface area is 122 Å². The van der Waals surface area contributed by atoms with Gasteiger partial charge in [0.1, 0.15) is 5.82 Å². The number of hydrogen-bond donors (Lipinski definition) is 1. The number of nitrogens with two attached hydrogens (primary N) is 1. The van der Waals surface area contributed by atoms with E-state index in [-0.39, 0.29) is 5.82 Å². The van der Waals surface area contributed by atoms with Gasteiger partial charge >= 0.3 is 0 Å². The van der Waals surface area contributed by atoms with Crippen molar-refractivity contribution in [3.8, 4) is 17.1 Å². The Kier molecular flexibility index (Phi) is 3.19. The summed E-state index contributed by atoms with van der Waals surface area (Å²) in [5.41, 5.74) is 7.82. The number of hydrogen-bond acceptors (Lipinski definition) is 4. The topological polar surface area (TPSA) is 69.6 Å². The van der Waals surface area contributed by atoms with Gasteiger partial charge in [-0.15, -0.1) is 5.10 Å². The van der Waals surface area contributed by atoms with E-state index in [1.54, 1.807) is 18.2 Å². The van der Waals surface area contributed by atoms with Crippen molar-refractivity contribution in [1.82, 2.24) is 20.2 Å². The highest BCUT2D eigenvalue weighted by atomic mass is 79.9. The molecule has 2 N–H and O–H groups in total. The number of rotatable bonds is 2. The number of halogens is 2. The lowest BCUT2D eigenvalue weighted by molar-refractivity contribution is 0.625. The van der Waals surface area contributed by atoms with Crippen LogP contribution in [0.3, 0.4) is 0 Å². The monoisotopic (exact) mass is 333 g/mol. The van der Waals surface area contributed by atoms with E-state index in [1.165, 1.54) is 16.8 Å². The number of tetrazole rings is 1. The van der Waals surface area contributed by atoms with Crippen LogP contribution >= 0.6 is 15.9 Å². The lowest BCUT2D eigenvalue weighted by atomic mass is 10.2. The van der Waals surface area contributed by atoms with E-state index in [1.807, 2.05) is 12.1 Å². The summed E-state index contributed by atoms with van der Waals surface area (Å²) in [6.07, 6.45) is 0. The fraction of sp³-hybridized carbons (Fsp3) is 0. The Balaban J connectivity index is 2.15. The summed E-state index contributed by atoms with van der Waals surface area (Å²) in [4.78, 5) is 0. The summed E-state index contributed by atoms with van der Waals surface area (Å²) in [5.74, 6) is 0.198. The number of aromatic nitrogens is 4. The minimum absolute atomic E-state index is 0.334. The van der Waals surface area contributed by atoms with Crippen molar-refractivity contribution in [3.05, 3.63) is 52.8 Å². The third-order valence-electron chi connectivity index (χ3n) is 2.75. The zero-order chi connectivity index (χ0) is 14.1. The molecule has 2 aromatic carbocycles. The Morgan fingerprint density at radius 1 is 1.15 bits per heavy atom. The van der Waals surface area contributed by atoms with Crippen molar-refractivity contribution in [3.63, 3.8) is 0 Å². The van der Waals surface area contributed by atoms with E-state index in [4.69, 9.17) is 5.73 Å². The summed E-state index contributed by atoms with van der Waals surface area (Å²) in [6, 6.07) is 11.6. The first kappa shape index (κ1) is 12.7. The van der Waals surface area contributed by atoms with Gasteiger partial charge in [-0.05, 0) is 56.7 Å². The SMILES string of the molecule is Nc1cccc(-c2nnnn2-c2ccc(F)cc2Br)c1. The molecule has 1 heterocycles. The maximum atomic E-state index is 13.2. The number of anilines is 1. The molecule has 0 aliphatic rings.